The lowest BCUT2D eigenvalue weighted by Crippen LogP contribution is -1.82. The van der Waals surface area contributed by atoms with Crippen molar-refractivity contribution < 1.29 is 0 Å². The van der Waals surface area contributed by atoms with Gasteiger partial charge in [-0.05, 0) is 37.8 Å². The van der Waals surface area contributed by atoms with Gasteiger partial charge >= 0.3 is 0 Å². The molecule has 0 saturated heterocycles. The predicted molar refractivity (Wildman–Crippen MR) is 51.5 cm³/mol. The lowest BCUT2D eigenvalue weighted by molar-refractivity contribution is 0.594. The summed E-state index contributed by atoms with van der Waals surface area (Å²) < 4.78 is 0. The first-order chi connectivity index (χ1) is 5.13. The van der Waals surface area contributed by atoms with Gasteiger partial charge in [-0.3, -0.25) is 0 Å². The van der Waals surface area contributed by atoms with Crippen LogP contribution in [-0.4, -0.2) is 0 Å². The van der Waals surface area contributed by atoms with Crippen molar-refractivity contribution in [3.8, 4) is 0 Å². The molecule has 0 heterocycles. The molecule has 0 N–H and O–H groups in total. The Bertz CT molecular complexity index is 166. The van der Waals surface area contributed by atoms with E-state index in [-0.39, 0.29) is 0 Å². The monoisotopic (exact) mass is 150 g/mol. The molecule has 0 bridgehead atoms. The van der Waals surface area contributed by atoms with Crippen molar-refractivity contribution in [1.29, 1.82) is 0 Å². The maximum Gasteiger partial charge on any atom is -0.0180 e. The first kappa shape index (κ1) is 10.3. The Morgan fingerprint density at radius 2 is 2.18 bits per heavy atom. The Morgan fingerprint density at radius 1 is 1.55 bits per heavy atom. The van der Waals surface area contributed by atoms with E-state index in [1.54, 1.807) is 0 Å². The molecular formula is C11H18. The highest BCUT2D eigenvalue weighted by molar-refractivity contribution is 5.10. The second-order valence-corrected chi connectivity index (χ2v) is 3.33. The van der Waals surface area contributed by atoms with E-state index in [2.05, 4.69) is 32.2 Å². The van der Waals surface area contributed by atoms with Crippen LogP contribution in [0.3, 0.4) is 0 Å². The summed E-state index contributed by atoms with van der Waals surface area (Å²) in [5, 5.41) is 0. The van der Waals surface area contributed by atoms with Gasteiger partial charge in [-0.25, -0.2) is 0 Å². The fraction of sp³-hybridized carbons (Fsp3) is 0.545. The summed E-state index contributed by atoms with van der Waals surface area (Å²) >= 11 is 0. The summed E-state index contributed by atoms with van der Waals surface area (Å²) in [6, 6.07) is 0. The van der Waals surface area contributed by atoms with Crippen LogP contribution in [0.5, 0.6) is 0 Å². The Kier molecular flexibility index (Phi) is 5.60. The van der Waals surface area contributed by atoms with Gasteiger partial charge in [0, 0.05) is 0 Å². The van der Waals surface area contributed by atoms with E-state index >= 15 is 0 Å². The van der Waals surface area contributed by atoms with Crippen molar-refractivity contribution in [3.05, 3.63) is 30.0 Å². The van der Waals surface area contributed by atoms with E-state index in [9.17, 15) is 0 Å². The van der Waals surface area contributed by atoms with Gasteiger partial charge in [-0.2, -0.15) is 0 Å². The van der Waals surface area contributed by atoms with Crippen LogP contribution in [0.2, 0.25) is 0 Å². The molecule has 0 radical (unpaired) electrons. The molecule has 0 aromatic heterocycles. The molecule has 0 aliphatic heterocycles. The fourth-order valence-corrected chi connectivity index (χ4v) is 0.701. The molecular weight excluding hydrogens is 132 g/mol. The van der Waals surface area contributed by atoms with Crippen molar-refractivity contribution in [2.24, 2.45) is 5.92 Å². The molecule has 0 rings (SSSR count). The van der Waals surface area contributed by atoms with Crippen molar-refractivity contribution in [3.63, 3.8) is 0 Å². The summed E-state index contributed by atoms with van der Waals surface area (Å²) in [4.78, 5) is 0. The van der Waals surface area contributed by atoms with Crippen LogP contribution >= 0.6 is 0 Å². The molecule has 0 atom stereocenters. The highest BCUT2D eigenvalue weighted by atomic mass is 13.9. The quantitative estimate of drug-likeness (QED) is 0.423. The molecule has 0 unspecified atom stereocenters. The van der Waals surface area contributed by atoms with Crippen molar-refractivity contribution in [1.82, 2.24) is 0 Å². The van der Waals surface area contributed by atoms with E-state index in [1.165, 1.54) is 6.42 Å². The zero-order valence-corrected chi connectivity index (χ0v) is 7.85. The highest BCUT2D eigenvalue weighted by Gasteiger charge is 1.88. The molecule has 0 heteroatoms. The maximum atomic E-state index is 3.75. The summed E-state index contributed by atoms with van der Waals surface area (Å²) in [6.07, 6.45) is 6.37. The molecule has 0 amide bonds. The summed E-state index contributed by atoms with van der Waals surface area (Å²) in [6.45, 7) is 10.2. The van der Waals surface area contributed by atoms with Crippen LogP contribution in [0.15, 0.2) is 30.0 Å². The largest absolute Gasteiger partial charge is 0.125 e. The van der Waals surface area contributed by atoms with Crippen molar-refractivity contribution >= 4 is 0 Å². The molecule has 0 aromatic carbocycles. The molecule has 0 aliphatic carbocycles. The van der Waals surface area contributed by atoms with E-state index in [0.29, 0.717) is 0 Å². The van der Waals surface area contributed by atoms with Gasteiger partial charge in [0.25, 0.3) is 0 Å². The first-order valence-corrected chi connectivity index (χ1v) is 4.19. The Morgan fingerprint density at radius 3 is 2.64 bits per heavy atom. The SMILES string of the molecule is C=C(C)C=C=CCCC(C)C. The molecule has 0 saturated carbocycles. The summed E-state index contributed by atoms with van der Waals surface area (Å²) in [5.74, 6) is 0.790. The molecule has 0 aromatic rings. The molecule has 0 fully saturated rings. The second-order valence-electron chi connectivity index (χ2n) is 3.33. The molecule has 11 heavy (non-hydrogen) atoms. The number of allylic oxidation sites excluding steroid dienone is 2. The molecule has 0 nitrogen and oxygen atoms in total. The Labute approximate surface area is 70.3 Å². The van der Waals surface area contributed by atoms with Crippen molar-refractivity contribution in [2.75, 3.05) is 0 Å². The van der Waals surface area contributed by atoms with Gasteiger partial charge in [0.1, 0.15) is 0 Å². The van der Waals surface area contributed by atoms with E-state index in [1.807, 2.05) is 13.0 Å². The van der Waals surface area contributed by atoms with Crippen LogP contribution < -0.4 is 0 Å². The molecule has 0 aliphatic rings. The highest BCUT2D eigenvalue weighted by Crippen LogP contribution is 2.03. The third kappa shape index (κ3) is 9.26. The third-order valence-corrected chi connectivity index (χ3v) is 1.34. The number of hydrogen-bond donors (Lipinski definition) is 0. The van der Waals surface area contributed by atoms with E-state index in [0.717, 1.165) is 17.9 Å². The zero-order chi connectivity index (χ0) is 8.69. The van der Waals surface area contributed by atoms with Gasteiger partial charge in [-0.15, -0.1) is 5.73 Å². The summed E-state index contributed by atoms with van der Waals surface area (Å²) in [5.41, 5.74) is 4.15. The number of rotatable bonds is 4. The van der Waals surface area contributed by atoms with Crippen LogP contribution in [0, 0.1) is 5.92 Å². The minimum absolute atomic E-state index is 0.790. The average Bonchev–Trinajstić information content (AvgIpc) is 1.85. The first-order valence-electron chi connectivity index (χ1n) is 4.19. The minimum atomic E-state index is 0.790. The van der Waals surface area contributed by atoms with Crippen LogP contribution in [0.1, 0.15) is 33.6 Å². The van der Waals surface area contributed by atoms with Gasteiger partial charge in [-0.1, -0.05) is 26.0 Å². The second kappa shape index (κ2) is 6.00. The molecule has 0 spiro atoms. The maximum absolute atomic E-state index is 3.75. The lowest BCUT2D eigenvalue weighted by Gasteiger charge is -1.97. The fourth-order valence-electron chi connectivity index (χ4n) is 0.701. The standard InChI is InChI=1S/C11H18/c1-10(2)8-6-5-7-9-11(3)4/h5,8,11H,1,7,9H2,2-4H3. The smallest absolute Gasteiger partial charge is 0.0180 e. The van der Waals surface area contributed by atoms with Crippen LogP contribution in [0.4, 0.5) is 0 Å². The average molecular weight is 150 g/mol. The topological polar surface area (TPSA) is 0 Å². The van der Waals surface area contributed by atoms with Crippen LogP contribution in [0.25, 0.3) is 0 Å². The van der Waals surface area contributed by atoms with Gasteiger partial charge in [0.15, 0.2) is 0 Å². The van der Waals surface area contributed by atoms with Gasteiger partial charge in [0.2, 0.25) is 0 Å². The minimum Gasteiger partial charge on any atom is -0.125 e. The number of hydrogen-bond acceptors (Lipinski definition) is 0. The normalized spacial score (nSPS) is 9.09. The van der Waals surface area contributed by atoms with E-state index < -0.39 is 0 Å². The Hall–Kier alpha value is -0.740. The lowest BCUT2D eigenvalue weighted by atomic mass is 10.1. The van der Waals surface area contributed by atoms with Gasteiger partial charge < -0.3 is 0 Å². The Balaban J connectivity index is 3.52. The third-order valence-electron chi connectivity index (χ3n) is 1.34. The molecule has 62 valence electrons. The predicted octanol–water partition coefficient (Wildman–Crippen LogP) is 3.71. The van der Waals surface area contributed by atoms with Crippen LogP contribution in [-0.2, 0) is 0 Å². The van der Waals surface area contributed by atoms with Crippen molar-refractivity contribution in [2.45, 2.75) is 33.6 Å². The zero-order valence-electron chi connectivity index (χ0n) is 7.85. The summed E-state index contributed by atoms with van der Waals surface area (Å²) in [7, 11) is 0. The van der Waals surface area contributed by atoms with E-state index in [4.69, 9.17) is 0 Å². The van der Waals surface area contributed by atoms with Gasteiger partial charge in [0.05, 0.1) is 0 Å².